The van der Waals surface area contributed by atoms with Gasteiger partial charge in [-0.15, -0.1) is 0 Å². The van der Waals surface area contributed by atoms with Gasteiger partial charge in [-0.2, -0.15) is 0 Å². The van der Waals surface area contributed by atoms with Gasteiger partial charge in [-0.3, -0.25) is 9.42 Å². The predicted octanol–water partition coefficient (Wildman–Crippen LogP) is 7.37. The Bertz CT molecular complexity index is 1880. The van der Waals surface area contributed by atoms with E-state index in [0.717, 1.165) is 24.1 Å². The number of esters is 1. The van der Waals surface area contributed by atoms with Crippen molar-refractivity contribution in [1.82, 2.24) is 5.16 Å². The topological polar surface area (TPSA) is 118 Å². The molecule has 0 saturated carbocycles. The minimum absolute atomic E-state index is 0.0341. The number of hydrogen-bond donors (Lipinski definition) is 1. The highest BCUT2D eigenvalue weighted by molar-refractivity contribution is 6.05. The number of amides is 1. The highest BCUT2D eigenvalue weighted by atomic mass is 16.8. The van der Waals surface area contributed by atoms with Gasteiger partial charge in [-0.1, -0.05) is 64.1 Å². The zero-order valence-electron chi connectivity index (χ0n) is 26.2. The van der Waals surface area contributed by atoms with Gasteiger partial charge in [0.05, 0.1) is 5.56 Å². The molecule has 0 unspecified atom stereocenters. The molecule has 0 bridgehead atoms. The van der Waals surface area contributed by atoms with E-state index in [0.29, 0.717) is 33.2 Å². The number of ether oxygens (including phenoxy) is 2. The molecule has 0 aliphatic heterocycles. The number of benzene rings is 4. The van der Waals surface area contributed by atoms with E-state index in [9.17, 15) is 14.8 Å². The molecule has 6 rings (SSSR count). The highest BCUT2D eigenvalue weighted by Gasteiger charge is 2.37. The Hall–Kier alpha value is -5.44. The van der Waals surface area contributed by atoms with Crippen molar-refractivity contribution in [3.8, 4) is 22.8 Å². The minimum Gasteiger partial charge on any atom is -0.485 e. The fourth-order valence-corrected chi connectivity index (χ4v) is 5.75. The van der Waals surface area contributed by atoms with Gasteiger partial charge < -0.3 is 20.0 Å². The van der Waals surface area contributed by atoms with Crippen LogP contribution in [0, 0.1) is 5.21 Å². The zero-order chi connectivity index (χ0) is 32.5. The molecule has 1 amide bonds. The molecule has 0 spiro atoms. The average Bonchev–Trinajstić information content (AvgIpc) is 3.43. The van der Waals surface area contributed by atoms with Crippen LogP contribution in [0.3, 0.4) is 0 Å². The summed E-state index contributed by atoms with van der Waals surface area (Å²) in [6.45, 7) is 8.96. The summed E-state index contributed by atoms with van der Waals surface area (Å²) < 4.78 is 16.0. The predicted molar refractivity (Wildman–Crippen MR) is 173 cm³/mol. The Kier molecular flexibility index (Phi) is 8.08. The molecule has 0 saturated heterocycles. The fourth-order valence-electron chi connectivity index (χ4n) is 5.75. The Balaban J connectivity index is 1.05. The highest BCUT2D eigenvalue weighted by Crippen LogP contribution is 2.46. The van der Waals surface area contributed by atoms with Gasteiger partial charge in [-0.05, 0) is 100 Å². The van der Waals surface area contributed by atoms with Crippen LogP contribution in [0.2, 0.25) is 0 Å². The minimum atomic E-state index is -0.565. The van der Waals surface area contributed by atoms with E-state index in [-0.39, 0.29) is 29.0 Å². The van der Waals surface area contributed by atoms with Crippen LogP contribution >= 0.6 is 0 Å². The van der Waals surface area contributed by atoms with Gasteiger partial charge in [0, 0.05) is 22.0 Å². The Morgan fingerprint density at radius 1 is 0.826 bits per heavy atom. The number of aromatic nitrogens is 2. The quantitative estimate of drug-likeness (QED) is 0.110. The van der Waals surface area contributed by atoms with Crippen LogP contribution in [-0.4, -0.2) is 17.0 Å². The summed E-state index contributed by atoms with van der Waals surface area (Å²) in [6, 6.07) is 28.1. The number of nitrogens with one attached hydrogen (secondary N) is 1. The molecule has 0 atom stereocenters. The van der Waals surface area contributed by atoms with E-state index in [1.165, 1.54) is 11.1 Å². The first-order valence-electron chi connectivity index (χ1n) is 15.2. The van der Waals surface area contributed by atoms with Crippen molar-refractivity contribution in [1.29, 1.82) is 0 Å². The molecule has 46 heavy (non-hydrogen) atoms. The third-order valence-corrected chi connectivity index (χ3v) is 8.65. The Labute approximate surface area is 267 Å². The van der Waals surface area contributed by atoms with E-state index in [2.05, 4.69) is 50.3 Å². The number of fused-ring (bicyclic) bond motifs is 1. The van der Waals surface area contributed by atoms with Crippen molar-refractivity contribution < 1.29 is 28.6 Å². The average molecular weight is 618 g/mol. The number of nitrogens with zero attached hydrogens (tertiary/aromatic N) is 2. The molecule has 1 aromatic heterocycles. The lowest BCUT2D eigenvalue weighted by atomic mass is 9.63. The van der Waals surface area contributed by atoms with Crippen molar-refractivity contribution in [3.63, 3.8) is 0 Å². The Morgan fingerprint density at radius 2 is 1.46 bits per heavy atom. The van der Waals surface area contributed by atoms with Gasteiger partial charge in [-0.25, -0.2) is 4.79 Å². The maximum Gasteiger partial charge on any atom is 0.343 e. The second-order valence-corrected chi connectivity index (χ2v) is 12.8. The molecule has 1 aliphatic rings. The van der Waals surface area contributed by atoms with Crippen molar-refractivity contribution in [3.05, 3.63) is 130 Å². The summed E-state index contributed by atoms with van der Waals surface area (Å²) in [4.78, 5) is 26.2. The van der Waals surface area contributed by atoms with Crippen LogP contribution in [-0.2, 0) is 17.4 Å². The van der Waals surface area contributed by atoms with E-state index in [1.54, 1.807) is 48.5 Å². The maximum absolute atomic E-state index is 13.0. The summed E-state index contributed by atoms with van der Waals surface area (Å²) in [5.74, 6) is -0.0504. The van der Waals surface area contributed by atoms with Gasteiger partial charge in [0.15, 0.2) is 6.61 Å². The number of hydrogen-bond acceptors (Lipinski definition) is 7. The Morgan fingerprint density at radius 3 is 2.15 bits per heavy atom. The number of carbonyl (C=O) groups is 2. The van der Waals surface area contributed by atoms with Crippen molar-refractivity contribution >= 4 is 17.6 Å². The standard InChI is InChI=1S/C37H35N3O6/c1-36(2)20-21-37(3,4)31-22-27(14-19-30(31)36)38-34(41)25-10-12-26(13-11-25)35(42)45-29-17-15-28(16-18-29)44-23-32-33(39-46-40(32)43)24-8-6-5-7-9-24/h5-19,22H,20-21,23H2,1-4H3,(H,38,41). The molecule has 9 nitrogen and oxygen atoms in total. The third kappa shape index (κ3) is 6.35. The van der Waals surface area contributed by atoms with Gasteiger partial charge in [0.25, 0.3) is 11.6 Å². The van der Waals surface area contributed by atoms with E-state index >= 15 is 0 Å². The molecule has 4 aromatic carbocycles. The lowest BCUT2D eigenvalue weighted by Gasteiger charge is -2.42. The molecule has 1 N–H and O–H groups in total. The first kappa shape index (κ1) is 30.6. The monoisotopic (exact) mass is 617 g/mol. The van der Waals surface area contributed by atoms with Gasteiger partial charge in [0.1, 0.15) is 11.5 Å². The normalized spacial score (nSPS) is 14.6. The fraction of sp³-hybridized carbons (Fsp3) is 0.243. The number of anilines is 1. The van der Waals surface area contributed by atoms with E-state index in [1.807, 2.05) is 36.4 Å². The van der Waals surface area contributed by atoms with E-state index < -0.39 is 5.97 Å². The molecule has 5 aromatic rings. The molecule has 1 aliphatic carbocycles. The van der Waals surface area contributed by atoms with Gasteiger partial charge >= 0.3 is 5.97 Å². The van der Waals surface area contributed by atoms with Crippen LogP contribution in [0.1, 0.15) is 78.1 Å². The SMILES string of the molecule is CC1(C)CCC(C)(C)c2cc(NC(=O)c3ccc(C(=O)Oc4ccc(OCc5c(-c6ccccc6)no[n+]5[O-])cc4)cc3)ccc21. The number of carbonyl (C=O) groups excluding carboxylic acids is 2. The van der Waals surface area contributed by atoms with Crippen molar-refractivity contribution in [2.75, 3.05) is 5.32 Å². The summed E-state index contributed by atoms with van der Waals surface area (Å²) >= 11 is 0. The summed E-state index contributed by atoms with van der Waals surface area (Å²) in [5.41, 5.74) is 5.57. The first-order chi connectivity index (χ1) is 22.0. The van der Waals surface area contributed by atoms with Gasteiger partial charge in [0.2, 0.25) is 5.69 Å². The third-order valence-electron chi connectivity index (χ3n) is 8.65. The molecule has 0 radical (unpaired) electrons. The molecule has 0 fully saturated rings. The summed E-state index contributed by atoms with van der Waals surface area (Å²) in [5, 5.41) is 19.0. The zero-order valence-corrected chi connectivity index (χ0v) is 26.2. The second-order valence-electron chi connectivity index (χ2n) is 12.8. The van der Waals surface area contributed by atoms with Crippen LogP contribution < -0.4 is 19.7 Å². The molecular formula is C37H35N3O6. The molecule has 234 valence electrons. The number of rotatable bonds is 8. The maximum atomic E-state index is 13.0. The van der Waals surface area contributed by atoms with Crippen LogP contribution in [0.4, 0.5) is 5.69 Å². The lowest BCUT2D eigenvalue weighted by Crippen LogP contribution is -2.33. The van der Waals surface area contributed by atoms with Crippen LogP contribution in [0.15, 0.2) is 102 Å². The van der Waals surface area contributed by atoms with Crippen molar-refractivity contribution in [2.45, 2.75) is 58.0 Å². The summed E-state index contributed by atoms with van der Waals surface area (Å²) in [6.07, 6.45) is 2.21. The lowest BCUT2D eigenvalue weighted by molar-refractivity contribution is -0.808. The van der Waals surface area contributed by atoms with E-state index in [4.69, 9.17) is 14.1 Å². The molecule has 1 heterocycles. The van der Waals surface area contributed by atoms with Crippen LogP contribution in [0.25, 0.3) is 11.3 Å². The molecule has 9 heteroatoms. The first-order valence-corrected chi connectivity index (χ1v) is 15.2. The van der Waals surface area contributed by atoms with Crippen LogP contribution in [0.5, 0.6) is 11.5 Å². The molecular weight excluding hydrogens is 582 g/mol. The second kappa shape index (κ2) is 12.2. The van der Waals surface area contributed by atoms with Crippen molar-refractivity contribution in [2.24, 2.45) is 0 Å². The summed E-state index contributed by atoms with van der Waals surface area (Å²) in [7, 11) is 0. The largest absolute Gasteiger partial charge is 0.485 e. The smallest absolute Gasteiger partial charge is 0.343 e.